The van der Waals surface area contributed by atoms with Crippen molar-refractivity contribution in [3.8, 4) is 22.8 Å². The molecule has 0 aliphatic carbocycles. The minimum Gasteiger partial charge on any atom is -0.463 e. The molecule has 3 aromatic carbocycles. The lowest BCUT2D eigenvalue weighted by Crippen LogP contribution is -2.40. The fraction of sp³-hybridized carbons (Fsp3) is 0.147. The number of thiazole rings is 1. The monoisotopic (exact) mass is 668 g/mol. The molecule has 44 heavy (non-hydrogen) atoms. The Hall–Kier alpha value is -4.67. The van der Waals surface area contributed by atoms with E-state index < -0.39 is 12.0 Å². The first-order valence-corrected chi connectivity index (χ1v) is 15.6. The third kappa shape index (κ3) is 4.99. The van der Waals surface area contributed by atoms with Crippen molar-refractivity contribution in [2.45, 2.75) is 19.9 Å². The molecule has 0 radical (unpaired) electrons. The molecule has 220 valence electrons. The van der Waals surface area contributed by atoms with Crippen LogP contribution in [-0.4, -0.2) is 23.9 Å². The highest BCUT2D eigenvalue weighted by Crippen LogP contribution is 2.40. The first kappa shape index (κ1) is 28.1. The van der Waals surface area contributed by atoms with E-state index in [1.165, 1.54) is 11.3 Å². The maximum atomic E-state index is 14.2. The molecule has 0 spiro atoms. The number of fused-ring (bicyclic) bond motifs is 2. The molecular weight excluding hydrogens is 644 g/mol. The largest absolute Gasteiger partial charge is 0.463 e. The molecule has 2 aliphatic heterocycles. The second-order valence-corrected chi connectivity index (χ2v) is 12.1. The van der Waals surface area contributed by atoms with Gasteiger partial charge < -0.3 is 18.6 Å². The first-order valence-electron chi connectivity index (χ1n) is 14.0. The van der Waals surface area contributed by atoms with Crippen molar-refractivity contribution >= 4 is 45.0 Å². The molecule has 4 heterocycles. The van der Waals surface area contributed by atoms with Crippen LogP contribution < -0.4 is 24.4 Å². The number of ether oxygens (including phenoxy) is 3. The number of hydrogen-bond acceptors (Lipinski definition) is 8. The lowest BCUT2D eigenvalue weighted by molar-refractivity contribution is -0.138. The first-order chi connectivity index (χ1) is 21.4. The lowest BCUT2D eigenvalue weighted by Gasteiger charge is -2.26. The fourth-order valence-corrected chi connectivity index (χ4v) is 7.03. The van der Waals surface area contributed by atoms with Gasteiger partial charge in [0.15, 0.2) is 16.3 Å². The van der Waals surface area contributed by atoms with Gasteiger partial charge in [-0.3, -0.25) is 9.36 Å². The number of carbonyl (C=O) groups excluding carboxylic acids is 1. The summed E-state index contributed by atoms with van der Waals surface area (Å²) >= 11 is 4.85. The zero-order valence-corrected chi connectivity index (χ0v) is 26.1. The second kappa shape index (κ2) is 11.4. The number of rotatable bonds is 6. The van der Waals surface area contributed by atoms with Crippen LogP contribution in [0.15, 0.2) is 103 Å². The minimum absolute atomic E-state index is 0.0989. The van der Waals surface area contributed by atoms with Gasteiger partial charge >= 0.3 is 5.97 Å². The number of nitrogens with zero attached hydrogens (tertiary/aromatic N) is 2. The van der Waals surface area contributed by atoms with E-state index in [0.29, 0.717) is 43.6 Å². The Balaban J connectivity index is 1.43. The van der Waals surface area contributed by atoms with Crippen molar-refractivity contribution in [1.82, 2.24) is 4.57 Å². The van der Waals surface area contributed by atoms with Gasteiger partial charge in [0.25, 0.3) is 5.56 Å². The number of esters is 1. The topological polar surface area (TPSA) is 92.3 Å². The molecule has 0 saturated heterocycles. The van der Waals surface area contributed by atoms with E-state index in [9.17, 15) is 9.59 Å². The molecule has 2 aliphatic rings. The number of furan rings is 1. The molecule has 2 aromatic heterocycles. The van der Waals surface area contributed by atoms with Gasteiger partial charge in [-0.15, -0.1) is 0 Å². The van der Waals surface area contributed by atoms with Gasteiger partial charge in [0.05, 0.1) is 28.5 Å². The van der Waals surface area contributed by atoms with Crippen LogP contribution in [0.25, 0.3) is 23.1 Å². The summed E-state index contributed by atoms with van der Waals surface area (Å²) < 4.78 is 25.8. The van der Waals surface area contributed by atoms with Crippen LogP contribution in [0.3, 0.4) is 0 Å². The summed E-state index contributed by atoms with van der Waals surface area (Å²) in [6, 6.07) is 23.8. The lowest BCUT2D eigenvalue weighted by atomic mass is 9.93. The Bertz CT molecular complexity index is 2140. The molecule has 0 saturated carbocycles. The van der Waals surface area contributed by atoms with Crippen molar-refractivity contribution in [3.63, 3.8) is 0 Å². The Labute approximate surface area is 264 Å². The summed E-state index contributed by atoms with van der Waals surface area (Å²) in [4.78, 5) is 33.2. The van der Waals surface area contributed by atoms with E-state index in [1.54, 1.807) is 29.7 Å². The minimum atomic E-state index is -0.826. The highest BCUT2D eigenvalue weighted by Gasteiger charge is 2.36. The zero-order valence-electron chi connectivity index (χ0n) is 23.7. The van der Waals surface area contributed by atoms with E-state index >= 15 is 0 Å². The van der Waals surface area contributed by atoms with Crippen LogP contribution in [0.4, 0.5) is 0 Å². The Morgan fingerprint density at radius 3 is 2.68 bits per heavy atom. The molecule has 8 nitrogen and oxygen atoms in total. The highest BCUT2D eigenvalue weighted by atomic mass is 79.9. The van der Waals surface area contributed by atoms with E-state index in [-0.39, 0.29) is 24.5 Å². The summed E-state index contributed by atoms with van der Waals surface area (Å²) in [7, 11) is 0. The van der Waals surface area contributed by atoms with Crippen LogP contribution in [0.5, 0.6) is 11.5 Å². The third-order valence-corrected chi connectivity index (χ3v) is 9.02. The van der Waals surface area contributed by atoms with Crippen molar-refractivity contribution in [2.24, 2.45) is 4.99 Å². The van der Waals surface area contributed by atoms with Gasteiger partial charge in [0.2, 0.25) is 6.79 Å². The van der Waals surface area contributed by atoms with Gasteiger partial charge in [-0.2, -0.15) is 0 Å². The van der Waals surface area contributed by atoms with E-state index in [1.807, 2.05) is 73.7 Å². The molecule has 0 unspecified atom stereocenters. The predicted molar refractivity (Wildman–Crippen MR) is 170 cm³/mol. The second-order valence-electron chi connectivity index (χ2n) is 10.2. The number of benzene rings is 3. The quantitative estimate of drug-likeness (QED) is 0.206. The fourth-order valence-electron chi connectivity index (χ4n) is 5.36. The average molecular weight is 670 g/mol. The average Bonchev–Trinajstić information content (AvgIpc) is 3.76. The molecule has 7 rings (SSSR count). The molecular formula is C34H25BrN2O6S. The standard InChI is InChI=1S/C34H25BrN2O6S/c1-3-40-33(39)29-30(20-7-5-4-6-8-20)36-34-37(31(29)21-10-13-26-27(16-21)42-18-41-26)32(38)28(44-34)17-22-11-14-25(43-22)23-12-9-19(2)15-24(23)35/h4-17,31H,3,18H2,1-2H3/b28-17+/t31-/m0/s1. The van der Waals surface area contributed by atoms with Gasteiger partial charge in [-0.1, -0.05) is 69.7 Å². The molecule has 5 aromatic rings. The van der Waals surface area contributed by atoms with Gasteiger partial charge in [-0.25, -0.2) is 9.79 Å². The van der Waals surface area contributed by atoms with Crippen LogP contribution in [-0.2, 0) is 9.53 Å². The highest BCUT2D eigenvalue weighted by molar-refractivity contribution is 9.10. The normalized spacial score (nSPS) is 15.7. The van der Waals surface area contributed by atoms with Gasteiger partial charge in [0.1, 0.15) is 11.5 Å². The van der Waals surface area contributed by atoms with Crippen molar-refractivity contribution in [1.29, 1.82) is 0 Å². The molecule has 0 amide bonds. The maximum Gasteiger partial charge on any atom is 0.338 e. The number of aryl methyl sites for hydroxylation is 1. The maximum absolute atomic E-state index is 14.2. The van der Waals surface area contributed by atoms with E-state index in [2.05, 4.69) is 15.9 Å². The van der Waals surface area contributed by atoms with Crippen molar-refractivity contribution in [3.05, 3.63) is 131 Å². The summed E-state index contributed by atoms with van der Waals surface area (Å²) in [6.07, 6.45) is 1.71. The molecule has 1 atom stereocenters. The van der Waals surface area contributed by atoms with Gasteiger partial charge in [0, 0.05) is 21.7 Å². The molecule has 0 bridgehead atoms. The van der Waals surface area contributed by atoms with Crippen LogP contribution in [0, 0.1) is 6.92 Å². The SMILES string of the molecule is CCOC(=O)C1=C(c2ccccc2)N=c2s/c(=C/c3ccc(-c4ccc(C)cc4Br)o3)c(=O)n2[C@H]1c1ccc2c(c1)OCO2. The van der Waals surface area contributed by atoms with Crippen molar-refractivity contribution < 1.29 is 23.4 Å². The third-order valence-electron chi connectivity index (χ3n) is 7.38. The number of halogens is 1. The molecule has 0 fully saturated rings. The van der Waals surface area contributed by atoms with Crippen LogP contribution >= 0.6 is 27.3 Å². The van der Waals surface area contributed by atoms with Crippen LogP contribution in [0.1, 0.15) is 35.4 Å². The Morgan fingerprint density at radius 2 is 1.89 bits per heavy atom. The van der Waals surface area contributed by atoms with Crippen molar-refractivity contribution in [2.75, 3.05) is 13.4 Å². The number of hydrogen-bond donors (Lipinski definition) is 0. The van der Waals surface area contributed by atoms with Crippen LogP contribution in [0.2, 0.25) is 0 Å². The number of aromatic nitrogens is 1. The smallest absolute Gasteiger partial charge is 0.338 e. The van der Waals surface area contributed by atoms with E-state index in [4.69, 9.17) is 23.6 Å². The Morgan fingerprint density at radius 1 is 1.07 bits per heavy atom. The summed E-state index contributed by atoms with van der Waals surface area (Å²) in [5.41, 5.74) is 3.84. The zero-order chi connectivity index (χ0) is 30.4. The summed E-state index contributed by atoms with van der Waals surface area (Å²) in [5, 5.41) is 0. The predicted octanol–water partition coefficient (Wildman–Crippen LogP) is 6.00. The molecule has 10 heteroatoms. The molecule has 0 N–H and O–H groups in total. The van der Waals surface area contributed by atoms with E-state index in [0.717, 1.165) is 21.2 Å². The Kier molecular flexibility index (Phi) is 7.31. The van der Waals surface area contributed by atoms with Gasteiger partial charge in [-0.05, 0) is 61.4 Å². The summed E-state index contributed by atoms with van der Waals surface area (Å²) in [5.74, 6) is 1.78. The number of carbonyl (C=O) groups is 1. The summed E-state index contributed by atoms with van der Waals surface area (Å²) in [6.45, 7) is 4.04.